The van der Waals surface area contributed by atoms with Crippen LogP contribution in [0, 0.1) is 0 Å². The minimum absolute atomic E-state index is 0.111. The minimum Gasteiger partial charge on any atom is -0.432 e. The molecule has 0 aromatic heterocycles. The first-order valence-electron chi connectivity index (χ1n) is 11.7. The standard InChI is InChI=1S/C26H24Cl2N2O6/c27-21-5-4-16(12-22(21)28)13-23(32)19-2-1-3-20-18(19)9-11-30-26(20,15-29-10-8-17(31)14-29)35-24(33)6-7-25(34)36-30/h1-7,12,17,31H,8-11,13-15H2/b7-6+. The monoisotopic (exact) mass is 530 g/mol. The third-order valence-electron chi connectivity index (χ3n) is 6.72. The van der Waals surface area contributed by atoms with Crippen molar-refractivity contribution in [1.29, 1.82) is 0 Å². The molecule has 0 aliphatic carbocycles. The largest absolute Gasteiger partial charge is 0.432 e. The molecule has 36 heavy (non-hydrogen) atoms. The number of hydroxylamine groups is 2. The summed E-state index contributed by atoms with van der Waals surface area (Å²) in [5.41, 5.74) is 1.05. The molecule has 3 aliphatic heterocycles. The highest BCUT2D eigenvalue weighted by Crippen LogP contribution is 2.41. The van der Waals surface area contributed by atoms with E-state index in [9.17, 15) is 19.5 Å². The van der Waals surface area contributed by atoms with Crippen LogP contribution >= 0.6 is 23.2 Å². The molecule has 3 heterocycles. The molecule has 2 unspecified atom stereocenters. The van der Waals surface area contributed by atoms with Gasteiger partial charge in [-0.3, -0.25) is 9.69 Å². The van der Waals surface area contributed by atoms with Crippen LogP contribution in [0.15, 0.2) is 48.6 Å². The van der Waals surface area contributed by atoms with E-state index < -0.39 is 23.8 Å². The molecular formula is C26H24Cl2N2O6. The number of carbonyl (C=O) groups is 3. The summed E-state index contributed by atoms with van der Waals surface area (Å²) < 4.78 is 5.99. The molecule has 3 aliphatic rings. The Hall–Kier alpha value is -2.75. The molecule has 10 heteroatoms. The highest BCUT2D eigenvalue weighted by atomic mass is 35.5. The number of fused-ring (bicyclic) bond motifs is 3. The van der Waals surface area contributed by atoms with Crippen LogP contribution < -0.4 is 0 Å². The fraction of sp³-hybridized carbons (Fsp3) is 0.346. The third kappa shape index (κ3) is 4.79. The van der Waals surface area contributed by atoms with Gasteiger partial charge >= 0.3 is 11.9 Å². The Morgan fingerprint density at radius 1 is 1.08 bits per heavy atom. The second-order valence-electron chi connectivity index (χ2n) is 9.16. The number of ether oxygens (including phenoxy) is 1. The summed E-state index contributed by atoms with van der Waals surface area (Å²) in [6.45, 7) is 1.35. The summed E-state index contributed by atoms with van der Waals surface area (Å²) in [5, 5.41) is 12.3. The first kappa shape index (κ1) is 24.9. The van der Waals surface area contributed by atoms with Gasteiger partial charge in [-0.15, -0.1) is 0 Å². The van der Waals surface area contributed by atoms with E-state index in [1.165, 1.54) is 5.06 Å². The Morgan fingerprint density at radius 3 is 2.64 bits per heavy atom. The second-order valence-corrected chi connectivity index (χ2v) is 9.97. The molecule has 8 nitrogen and oxygen atoms in total. The summed E-state index contributed by atoms with van der Waals surface area (Å²) in [6, 6.07) is 10.3. The quantitative estimate of drug-likeness (QED) is 0.465. The molecular weight excluding hydrogens is 507 g/mol. The molecule has 1 fully saturated rings. The SMILES string of the molecule is O=C1/C=C/C(=O)OC2(CN3CCC(O)C3)c3cccc(C(=O)Cc4ccc(Cl)c(Cl)c4)c3CCN2O1. The van der Waals surface area contributed by atoms with Crippen LogP contribution in [0.1, 0.15) is 33.5 Å². The average Bonchev–Trinajstić information content (AvgIpc) is 3.25. The van der Waals surface area contributed by atoms with Crippen molar-refractivity contribution in [2.24, 2.45) is 0 Å². The summed E-state index contributed by atoms with van der Waals surface area (Å²) >= 11 is 12.1. The summed E-state index contributed by atoms with van der Waals surface area (Å²) in [6.07, 6.45) is 2.66. The number of ketones is 1. The van der Waals surface area contributed by atoms with E-state index in [-0.39, 0.29) is 25.3 Å². The zero-order valence-electron chi connectivity index (χ0n) is 19.3. The zero-order chi connectivity index (χ0) is 25.4. The molecule has 5 rings (SSSR count). The maximum Gasteiger partial charge on any atom is 0.350 e. The van der Waals surface area contributed by atoms with Gasteiger partial charge in [-0.1, -0.05) is 52.5 Å². The topological polar surface area (TPSA) is 96.4 Å². The van der Waals surface area contributed by atoms with Crippen LogP contribution in [0.5, 0.6) is 0 Å². The number of esters is 1. The van der Waals surface area contributed by atoms with E-state index in [1.54, 1.807) is 36.4 Å². The summed E-state index contributed by atoms with van der Waals surface area (Å²) in [7, 11) is 0. The fourth-order valence-corrected chi connectivity index (χ4v) is 5.42. The number of carbonyl (C=O) groups excluding carboxylic acids is 3. The lowest BCUT2D eigenvalue weighted by atomic mass is 9.84. The van der Waals surface area contributed by atoms with Gasteiger partial charge in [0.1, 0.15) is 0 Å². The van der Waals surface area contributed by atoms with E-state index in [2.05, 4.69) is 0 Å². The summed E-state index contributed by atoms with van der Waals surface area (Å²) in [5.74, 6) is -1.51. The normalized spacial score (nSPS) is 25.2. The molecule has 2 aromatic rings. The molecule has 0 bridgehead atoms. The number of hydrogen-bond acceptors (Lipinski definition) is 8. The second kappa shape index (κ2) is 9.95. The molecule has 1 saturated heterocycles. The number of aliphatic hydroxyl groups is 1. The van der Waals surface area contributed by atoms with Gasteiger partial charge in [0.15, 0.2) is 5.78 Å². The van der Waals surface area contributed by atoms with Crippen LogP contribution in [-0.4, -0.2) is 65.1 Å². The van der Waals surface area contributed by atoms with Crippen molar-refractivity contribution in [3.63, 3.8) is 0 Å². The number of Topliss-reactive ketones (excluding diaryl/α,β-unsaturated/α-hetero) is 1. The van der Waals surface area contributed by atoms with E-state index in [1.807, 2.05) is 4.90 Å². The van der Waals surface area contributed by atoms with Gasteiger partial charge < -0.3 is 14.7 Å². The maximum atomic E-state index is 13.4. The number of β-amino-alcohol motifs (C(OH)–C–C–N with tert-alkyl or cyclic N) is 1. The molecule has 188 valence electrons. The number of halogens is 2. The van der Waals surface area contributed by atoms with Crippen LogP contribution in [0.3, 0.4) is 0 Å². The van der Waals surface area contributed by atoms with Crippen LogP contribution in [-0.2, 0) is 37.7 Å². The number of rotatable bonds is 5. The van der Waals surface area contributed by atoms with Crippen molar-refractivity contribution in [2.75, 3.05) is 26.2 Å². The van der Waals surface area contributed by atoms with Crippen molar-refractivity contribution >= 4 is 40.9 Å². The first-order chi connectivity index (χ1) is 17.2. The maximum absolute atomic E-state index is 13.4. The lowest BCUT2D eigenvalue weighted by Gasteiger charge is -2.47. The molecule has 1 N–H and O–H groups in total. The Labute approximate surface area is 217 Å². The Morgan fingerprint density at radius 2 is 1.89 bits per heavy atom. The predicted octanol–water partition coefficient (Wildman–Crippen LogP) is 3.07. The number of nitrogens with zero attached hydrogens (tertiary/aromatic N) is 2. The third-order valence-corrected chi connectivity index (χ3v) is 7.46. The van der Waals surface area contributed by atoms with E-state index in [4.69, 9.17) is 32.8 Å². The van der Waals surface area contributed by atoms with E-state index in [0.29, 0.717) is 47.1 Å². The van der Waals surface area contributed by atoms with Crippen molar-refractivity contribution in [1.82, 2.24) is 9.96 Å². The molecule has 2 aromatic carbocycles. The molecule has 0 amide bonds. The van der Waals surface area contributed by atoms with E-state index >= 15 is 0 Å². The van der Waals surface area contributed by atoms with Crippen LogP contribution in [0.25, 0.3) is 0 Å². The summed E-state index contributed by atoms with van der Waals surface area (Å²) in [4.78, 5) is 46.0. The van der Waals surface area contributed by atoms with Gasteiger partial charge in [0.25, 0.3) is 0 Å². The van der Waals surface area contributed by atoms with E-state index in [0.717, 1.165) is 23.3 Å². The molecule has 0 spiro atoms. The Kier molecular flexibility index (Phi) is 6.89. The van der Waals surface area contributed by atoms with Gasteiger partial charge in [-0.05, 0) is 36.1 Å². The number of likely N-dealkylation sites (tertiary alicyclic amines) is 1. The number of aliphatic hydroxyl groups excluding tert-OH is 1. The van der Waals surface area contributed by atoms with Gasteiger partial charge in [-0.25, -0.2) is 9.59 Å². The highest BCUT2D eigenvalue weighted by Gasteiger charge is 2.51. The van der Waals surface area contributed by atoms with Crippen molar-refractivity contribution in [2.45, 2.75) is 31.1 Å². The molecule has 2 atom stereocenters. The number of hydrogen-bond donors (Lipinski definition) is 1. The van der Waals surface area contributed by atoms with Gasteiger partial charge in [0.2, 0.25) is 5.72 Å². The molecule has 0 saturated carbocycles. The van der Waals surface area contributed by atoms with Crippen molar-refractivity contribution in [3.05, 3.63) is 80.8 Å². The van der Waals surface area contributed by atoms with Crippen molar-refractivity contribution in [3.8, 4) is 0 Å². The molecule has 0 radical (unpaired) electrons. The predicted molar refractivity (Wildman–Crippen MR) is 131 cm³/mol. The Balaban J connectivity index is 1.56. The lowest BCUT2D eigenvalue weighted by Crippen LogP contribution is -2.59. The number of benzene rings is 2. The smallest absolute Gasteiger partial charge is 0.350 e. The fourth-order valence-electron chi connectivity index (χ4n) is 5.10. The average molecular weight is 531 g/mol. The highest BCUT2D eigenvalue weighted by molar-refractivity contribution is 6.42. The van der Waals surface area contributed by atoms with Crippen LogP contribution in [0.2, 0.25) is 10.0 Å². The lowest BCUT2D eigenvalue weighted by molar-refractivity contribution is -0.296. The van der Waals surface area contributed by atoms with Crippen LogP contribution in [0.4, 0.5) is 0 Å². The van der Waals surface area contributed by atoms with Gasteiger partial charge in [0.05, 0.1) is 22.7 Å². The van der Waals surface area contributed by atoms with Crippen molar-refractivity contribution < 1.29 is 29.1 Å². The first-order valence-corrected chi connectivity index (χ1v) is 12.4. The van der Waals surface area contributed by atoms with Gasteiger partial charge in [-0.2, -0.15) is 0 Å². The minimum atomic E-state index is -1.48. The zero-order valence-corrected chi connectivity index (χ0v) is 20.8. The Bertz CT molecular complexity index is 1260. The van der Waals surface area contributed by atoms with Gasteiger partial charge in [0, 0.05) is 49.3 Å².